The van der Waals surface area contributed by atoms with E-state index >= 15 is 0 Å². The first-order valence-electron chi connectivity index (χ1n) is 12.7. The molecule has 0 bridgehead atoms. The van der Waals surface area contributed by atoms with Gasteiger partial charge in [0.25, 0.3) is 5.78 Å². The Morgan fingerprint density at radius 1 is 1.07 bits per heavy atom. The van der Waals surface area contributed by atoms with Crippen LogP contribution in [-0.2, 0) is 14.3 Å². The second-order valence-electron chi connectivity index (χ2n) is 8.79. The zero-order chi connectivity index (χ0) is 29.0. The van der Waals surface area contributed by atoms with E-state index in [4.69, 9.17) is 18.9 Å². The smallest absolute Gasteiger partial charge is 0.350 e. The molecule has 1 atom stereocenters. The fourth-order valence-electron chi connectivity index (χ4n) is 4.35. The molecule has 0 aliphatic carbocycles. The Hall–Kier alpha value is -4.38. The number of amides is 1. The summed E-state index contributed by atoms with van der Waals surface area (Å²) >= 11 is 0.935. The minimum Gasteiger partial charge on any atom is -0.507 e. The molecular weight excluding hydrogens is 536 g/mol. The van der Waals surface area contributed by atoms with E-state index in [-0.39, 0.29) is 27.9 Å². The number of aliphatic hydroxyl groups excluding tert-OH is 1. The molecule has 40 heavy (non-hydrogen) atoms. The lowest BCUT2D eigenvalue weighted by atomic mass is 9.95. The van der Waals surface area contributed by atoms with Crippen LogP contribution in [0.15, 0.2) is 48.0 Å². The quantitative estimate of drug-likeness (QED) is 0.155. The average Bonchev–Trinajstić information content (AvgIpc) is 3.47. The van der Waals surface area contributed by atoms with Crippen molar-refractivity contribution in [1.82, 2.24) is 4.98 Å². The zero-order valence-corrected chi connectivity index (χ0v) is 23.7. The third-order valence-electron chi connectivity index (χ3n) is 6.20. The van der Waals surface area contributed by atoms with Crippen molar-refractivity contribution in [2.45, 2.75) is 33.2 Å². The molecule has 10 nitrogen and oxygen atoms in total. The monoisotopic (exact) mass is 566 g/mol. The summed E-state index contributed by atoms with van der Waals surface area (Å²) in [5.41, 5.74) is 0.976. The number of anilines is 1. The van der Waals surface area contributed by atoms with E-state index in [9.17, 15) is 19.5 Å². The maximum Gasteiger partial charge on any atom is 0.350 e. The van der Waals surface area contributed by atoms with Crippen LogP contribution < -0.4 is 19.1 Å². The van der Waals surface area contributed by atoms with Gasteiger partial charge < -0.3 is 24.1 Å². The molecule has 0 spiro atoms. The molecule has 1 N–H and O–H groups in total. The molecule has 3 aromatic rings. The number of thiazole rings is 1. The number of hydrogen-bond acceptors (Lipinski definition) is 10. The van der Waals surface area contributed by atoms with Crippen molar-refractivity contribution in [3.8, 4) is 17.2 Å². The number of benzene rings is 2. The Morgan fingerprint density at radius 2 is 1.82 bits per heavy atom. The fraction of sp³-hybridized carbons (Fsp3) is 0.310. The highest BCUT2D eigenvalue weighted by atomic mass is 32.1. The summed E-state index contributed by atoms with van der Waals surface area (Å²) in [6, 6.07) is 10.5. The topological polar surface area (TPSA) is 124 Å². The van der Waals surface area contributed by atoms with E-state index in [2.05, 4.69) is 4.98 Å². The second kappa shape index (κ2) is 12.2. The van der Waals surface area contributed by atoms with Crippen molar-refractivity contribution in [2.24, 2.45) is 0 Å². The van der Waals surface area contributed by atoms with Crippen molar-refractivity contribution in [3.63, 3.8) is 0 Å². The maximum absolute atomic E-state index is 13.5. The predicted molar refractivity (Wildman–Crippen MR) is 149 cm³/mol. The molecule has 1 unspecified atom stereocenters. The Balaban J connectivity index is 1.92. The lowest BCUT2D eigenvalue weighted by Gasteiger charge is -2.24. The highest BCUT2D eigenvalue weighted by molar-refractivity contribution is 7.17. The summed E-state index contributed by atoms with van der Waals surface area (Å²) in [4.78, 5) is 45.4. The number of carbonyl (C=O) groups is 3. The lowest BCUT2D eigenvalue weighted by molar-refractivity contribution is -0.132. The predicted octanol–water partition coefficient (Wildman–Crippen LogP) is 5.06. The molecule has 4 rings (SSSR count). The van der Waals surface area contributed by atoms with Gasteiger partial charge in [-0.15, -0.1) is 0 Å². The molecule has 1 fully saturated rings. The molecule has 0 radical (unpaired) electrons. The van der Waals surface area contributed by atoms with Gasteiger partial charge >= 0.3 is 11.9 Å². The maximum atomic E-state index is 13.5. The van der Waals surface area contributed by atoms with Crippen molar-refractivity contribution in [3.05, 3.63) is 69.7 Å². The van der Waals surface area contributed by atoms with E-state index in [1.165, 1.54) is 19.1 Å². The largest absolute Gasteiger partial charge is 0.507 e. The number of aromatic nitrogens is 1. The van der Waals surface area contributed by atoms with Crippen molar-refractivity contribution >= 4 is 39.9 Å². The van der Waals surface area contributed by atoms with E-state index in [0.29, 0.717) is 40.7 Å². The van der Waals surface area contributed by atoms with Crippen LogP contribution in [0.2, 0.25) is 0 Å². The van der Waals surface area contributed by atoms with E-state index < -0.39 is 23.7 Å². The Kier molecular flexibility index (Phi) is 8.73. The molecule has 1 aliphatic heterocycles. The molecule has 210 valence electrons. The summed E-state index contributed by atoms with van der Waals surface area (Å²) in [6.45, 7) is 5.93. The summed E-state index contributed by atoms with van der Waals surface area (Å²) in [7, 11) is 2.96. The van der Waals surface area contributed by atoms with Crippen molar-refractivity contribution in [1.29, 1.82) is 0 Å². The molecule has 0 saturated carbocycles. The third kappa shape index (κ3) is 5.37. The number of aliphatic hydroxyl groups is 1. The molecule has 1 saturated heterocycles. The number of hydrogen-bond donors (Lipinski definition) is 1. The first-order valence-corrected chi connectivity index (χ1v) is 13.5. The van der Waals surface area contributed by atoms with Gasteiger partial charge in [0.15, 0.2) is 16.6 Å². The van der Waals surface area contributed by atoms with Crippen LogP contribution >= 0.6 is 11.3 Å². The molecule has 2 aromatic carbocycles. The number of ether oxygens (including phenoxy) is 4. The van der Waals surface area contributed by atoms with Gasteiger partial charge in [-0.3, -0.25) is 14.5 Å². The number of methoxy groups -OCH3 is 2. The number of esters is 1. The summed E-state index contributed by atoms with van der Waals surface area (Å²) in [6.07, 6.45) is 0.793. The van der Waals surface area contributed by atoms with E-state index in [1.54, 1.807) is 56.3 Å². The van der Waals surface area contributed by atoms with Crippen LogP contribution in [0.25, 0.3) is 5.76 Å². The molecule has 11 heteroatoms. The SMILES string of the molecule is CCCOc1cccc(C(O)=C2C(=O)C(=O)N(c3nc(C)c(C(=O)OCC)s3)C2c2ccc(OC)c(OC)c2)c1. The van der Waals surface area contributed by atoms with Gasteiger partial charge in [0.1, 0.15) is 16.4 Å². The fourth-order valence-corrected chi connectivity index (χ4v) is 5.34. The van der Waals surface area contributed by atoms with Crippen LogP contribution in [0.3, 0.4) is 0 Å². The van der Waals surface area contributed by atoms with Crippen LogP contribution in [0.1, 0.15) is 52.8 Å². The average molecular weight is 567 g/mol. The summed E-state index contributed by atoms with van der Waals surface area (Å²) < 4.78 is 21.6. The van der Waals surface area contributed by atoms with E-state index in [0.717, 1.165) is 17.8 Å². The summed E-state index contributed by atoms with van der Waals surface area (Å²) in [5.74, 6) is -1.43. The zero-order valence-electron chi connectivity index (χ0n) is 22.8. The number of aryl methyl sites for hydroxylation is 1. The number of rotatable bonds is 10. The normalized spacial score (nSPS) is 16.2. The highest BCUT2D eigenvalue weighted by Crippen LogP contribution is 2.45. The molecule has 1 aliphatic rings. The van der Waals surface area contributed by atoms with Gasteiger partial charge in [0.05, 0.1) is 44.7 Å². The van der Waals surface area contributed by atoms with Gasteiger partial charge in [-0.25, -0.2) is 9.78 Å². The van der Waals surface area contributed by atoms with Crippen LogP contribution in [-0.4, -0.2) is 55.2 Å². The molecule has 1 aromatic heterocycles. The first kappa shape index (κ1) is 28.6. The van der Waals surface area contributed by atoms with Gasteiger partial charge in [-0.2, -0.15) is 0 Å². The number of nitrogens with zero attached hydrogens (tertiary/aromatic N) is 2. The van der Waals surface area contributed by atoms with Crippen LogP contribution in [0.4, 0.5) is 5.13 Å². The lowest BCUT2D eigenvalue weighted by Crippen LogP contribution is -2.29. The Labute approximate surface area is 235 Å². The van der Waals surface area contributed by atoms with Gasteiger partial charge in [0, 0.05) is 5.56 Å². The molecule has 2 heterocycles. The number of ketones is 1. The second-order valence-corrected chi connectivity index (χ2v) is 9.77. The third-order valence-corrected chi connectivity index (χ3v) is 7.34. The minimum absolute atomic E-state index is 0.113. The van der Waals surface area contributed by atoms with Gasteiger partial charge in [-0.05, 0) is 50.1 Å². The molecular formula is C29H30N2O8S. The standard InChI is InChI=1S/C29H30N2O8S/c1-6-13-39-19-10-8-9-18(14-19)24(32)22-23(17-11-12-20(36-4)21(15-17)37-5)31(27(34)25(22)33)29-30-16(3)26(40-29)28(35)38-7-2/h8-12,14-15,23,32H,6-7,13H2,1-5H3. The first-order chi connectivity index (χ1) is 19.2. The van der Waals surface area contributed by atoms with Gasteiger partial charge in [-0.1, -0.05) is 36.5 Å². The summed E-state index contributed by atoms with van der Waals surface area (Å²) in [5, 5.41) is 11.6. The number of carbonyl (C=O) groups excluding carboxylic acids is 3. The highest BCUT2D eigenvalue weighted by Gasteiger charge is 2.48. The minimum atomic E-state index is -1.08. The Bertz CT molecular complexity index is 1480. The number of Topliss-reactive ketones (excluding diaryl/α,β-unsaturated/α-hetero) is 1. The molecule has 1 amide bonds. The van der Waals surface area contributed by atoms with E-state index in [1.807, 2.05) is 6.92 Å². The van der Waals surface area contributed by atoms with Gasteiger partial charge in [0.2, 0.25) is 0 Å². The Morgan fingerprint density at radius 3 is 2.50 bits per heavy atom. The van der Waals surface area contributed by atoms with Crippen molar-refractivity contribution < 1.29 is 38.4 Å². The van der Waals surface area contributed by atoms with Crippen molar-refractivity contribution in [2.75, 3.05) is 32.3 Å². The van der Waals surface area contributed by atoms with Crippen LogP contribution in [0.5, 0.6) is 17.2 Å². The van der Waals surface area contributed by atoms with Crippen LogP contribution in [0, 0.1) is 6.92 Å².